The number of carbonyl (C=O) groups is 1. The molecule has 1 aromatic heterocycles. The van der Waals surface area contributed by atoms with E-state index in [9.17, 15) is 9.00 Å². The van der Waals surface area contributed by atoms with Crippen molar-refractivity contribution in [1.29, 1.82) is 0 Å². The van der Waals surface area contributed by atoms with E-state index in [4.69, 9.17) is 9.84 Å². The number of fused-ring (bicyclic) bond motifs is 1. The first kappa shape index (κ1) is 26.9. The lowest BCUT2D eigenvalue weighted by molar-refractivity contribution is 0.262. The molecule has 2 atom stereocenters. The first-order valence-electron chi connectivity index (χ1n) is 13.5. The van der Waals surface area contributed by atoms with Crippen LogP contribution in [0.25, 0.3) is 16.5 Å². The molecule has 2 amide bonds. The molecule has 1 saturated heterocycles. The highest BCUT2D eigenvalue weighted by Crippen LogP contribution is 2.33. The number of benzene rings is 3. The van der Waals surface area contributed by atoms with Crippen LogP contribution in [-0.2, 0) is 16.2 Å². The minimum atomic E-state index is -0.733. The Hall–Kier alpha value is -3.65. The van der Waals surface area contributed by atoms with E-state index in [-0.39, 0.29) is 16.7 Å². The molecular weight excluding hydrogens is 508 g/mol. The highest BCUT2D eigenvalue weighted by atomic mass is 32.2. The Balaban J connectivity index is 1.34. The molecule has 2 heterocycles. The molecule has 0 bridgehead atoms. The highest BCUT2D eigenvalue weighted by molar-refractivity contribution is 7.85. The van der Waals surface area contributed by atoms with E-state index >= 15 is 0 Å². The molecule has 4 aromatic rings. The summed E-state index contributed by atoms with van der Waals surface area (Å²) in [6.07, 6.45) is 2.83. The molecule has 39 heavy (non-hydrogen) atoms. The maximum absolute atomic E-state index is 13.2. The van der Waals surface area contributed by atoms with Crippen molar-refractivity contribution in [3.63, 3.8) is 0 Å². The van der Waals surface area contributed by atoms with Crippen molar-refractivity contribution >= 4 is 39.1 Å². The van der Waals surface area contributed by atoms with Gasteiger partial charge in [-0.2, -0.15) is 5.10 Å². The zero-order chi connectivity index (χ0) is 27.6. The molecule has 5 rings (SSSR count). The van der Waals surface area contributed by atoms with Gasteiger partial charge in [0.1, 0.15) is 11.6 Å². The van der Waals surface area contributed by atoms with E-state index in [1.165, 1.54) is 0 Å². The minimum absolute atomic E-state index is 0.179. The van der Waals surface area contributed by atoms with Crippen molar-refractivity contribution in [2.75, 3.05) is 23.0 Å². The topological polar surface area (TPSA) is 85.2 Å². The number of aromatic nitrogens is 2. The Morgan fingerprint density at radius 3 is 2.49 bits per heavy atom. The van der Waals surface area contributed by atoms with Crippen LogP contribution in [0.15, 0.2) is 66.7 Å². The zero-order valence-corrected chi connectivity index (χ0v) is 23.8. The summed E-state index contributed by atoms with van der Waals surface area (Å²) in [6.45, 7) is 8.86. The number of nitrogens with zero attached hydrogens (tertiary/aromatic N) is 2. The Morgan fingerprint density at radius 2 is 1.79 bits per heavy atom. The second-order valence-corrected chi connectivity index (χ2v) is 13.0. The van der Waals surface area contributed by atoms with Crippen LogP contribution in [0.5, 0.6) is 5.75 Å². The largest absolute Gasteiger partial charge is 0.493 e. The maximum Gasteiger partial charge on any atom is 0.324 e. The van der Waals surface area contributed by atoms with Crippen LogP contribution in [0.3, 0.4) is 0 Å². The van der Waals surface area contributed by atoms with Gasteiger partial charge in [-0.3, -0.25) is 9.53 Å². The van der Waals surface area contributed by atoms with Gasteiger partial charge < -0.3 is 10.1 Å². The summed E-state index contributed by atoms with van der Waals surface area (Å²) in [5.41, 5.74) is 3.42. The average Bonchev–Trinajstić information content (AvgIpc) is 3.52. The van der Waals surface area contributed by atoms with Gasteiger partial charge in [0.2, 0.25) is 0 Å². The monoisotopic (exact) mass is 544 g/mol. The predicted octanol–water partition coefficient (Wildman–Crippen LogP) is 6.96. The molecule has 7 nitrogen and oxygen atoms in total. The van der Waals surface area contributed by atoms with Gasteiger partial charge in [0.15, 0.2) is 0 Å². The van der Waals surface area contributed by atoms with Crippen LogP contribution in [0.4, 0.5) is 16.3 Å². The molecule has 1 fully saturated rings. The van der Waals surface area contributed by atoms with E-state index in [2.05, 4.69) is 31.4 Å². The summed E-state index contributed by atoms with van der Waals surface area (Å²) in [6, 6.07) is 21.2. The number of anilines is 2. The molecule has 3 aromatic carbocycles. The van der Waals surface area contributed by atoms with E-state index in [0.717, 1.165) is 58.5 Å². The lowest BCUT2D eigenvalue weighted by Gasteiger charge is -2.15. The van der Waals surface area contributed by atoms with Gasteiger partial charge in [0.25, 0.3) is 0 Å². The second kappa shape index (κ2) is 11.2. The SMILES string of the molecule is Cc1ccc(-n2nc(C(C)(C)C)cc2NC(=O)Nc2ccc(OCCC3CCCS3=O)c3ccccc23)cc1. The third kappa shape index (κ3) is 6.17. The van der Waals surface area contributed by atoms with Crippen molar-refractivity contribution in [3.8, 4) is 11.4 Å². The molecule has 2 N–H and O–H groups in total. The Labute approximate surface area is 232 Å². The molecule has 1 aliphatic heterocycles. The summed E-state index contributed by atoms with van der Waals surface area (Å²) in [7, 11) is -0.733. The number of aryl methyl sites for hydroxylation is 1. The lowest BCUT2D eigenvalue weighted by Crippen LogP contribution is -2.21. The van der Waals surface area contributed by atoms with Crippen molar-refractivity contribution in [2.45, 2.75) is 57.6 Å². The summed E-state index contributed by atoms with van der Waals surface area (Å²) in [5.74, 6) is 2.15. The number of urea groups is 1. The smallest absolute Gasteiger partial charge is 0.324 e. The number of rotatable bonds is 7. The molecule has 0 radical (unpaired) electrons. The van der Waals surface area contributed by atoms with Crippen LogP contribution >= 0.6 is 0 Å². The summed E-state index contributed by atoms with van der Waals surface area (Å²) >= 11 is 0. The molecule has 0 aliphatic carbocycles. The maximum atomic E-state index is 13.2. The standard InChI is InChI=1S/C31H36N4O3S/c1-21-11-13-22(14-12-21)35-29(20-28(34-35)31(2,3)4)33-30(36)32-26-15-16-27(25-10-6-5-9-24(25)26)38-18-17-23-8-7-19-39(23)37/h5-6,9-16,20,23H,7-8,17-19H2,1-4H3,(H2,32,33,36). The van der Waals surface area contributed by atoms with E-state index < -0.39 is 10.8 Å². The van der Waals surface area contributed by atoms with Gasteiger partial charge in [-0.05, 0) is 50.5 Å². The van der Waals surface area contributed by atoms with E-state index in [1.807, 2.05) is 73.7 Å². The number of hydrogen-bond donors (Lipinski definition) is 2. The predicted molar refractivity (Wildman–Crippen MR) is 160 cm³/mol. The summed E-state index contributed by atoms with van der Waals surface area (Å²) < 4.78 is 20.0. The summed E-state index contributed by atoms with van der Waals surface area (Å²) in [4.78, 5) is 13.2. The third-order valence-corrected chi connectivity index (χ3v) is 8.98. The number of amides is 2. The van der Waals surface area contributed by atoms with Gasteiger partial charge >= 0.3 is 6.03 Å². The normalized spacial score (nSPS) is 17.3. The van der Waals surface area contributed by atoms with E-state index in [0.29, 0.717) is 18.1 Å². The molecule has 1 aliphatic rings. The van der Waals surface area contributed by atoms with Crippen molar-refractivity contribution in [2.24, 2.45) is 0 Å². The van der Waals surface area contributed by atoms with Crippen LogP contribution in [0.2, 0.25) is 0 Å². The van der Waals surface area contributed by atoms with Gasteiger partial charge in [0, 0.05) is 44.1 Å². The fraction of sp³-hybridized carbons (Fsp3) is 0.355. The molecule has 204 valence electrons. The van der Waals surface area contributed by atoms with Crippen LogP contribution in [0.1, 0.15) is 51.3 Å². The molecule has 8 heteroatoms. The fourth-order valence-electron chi connectivity index (χ4n) is 4.82. The molecule has 0 saturated carbocycles. The fourth-order valence-corrected chi connectivity index (χ4v) is 6.40. The van der Waals surface area contributed by atoms with Crippen molar-refractivity contribution < 1.29 is 13.7 Å². The number of hydrogen-bond acceptors (Lipinski definition) is 4. The minimum Gasteiger partial charge on any atom is -0.493 e. The number of nitrogens with one attached hydrogen (secondary N) is 2. The van der Waals surface area contributed by atoms with Gasteiger partial charge in [-0.1, -0.05) is 62.7 Å². The molecule has 2 unspecified atom stereocenters. The van der Waals surface area contributed by atoms with Gasteiger partial charge in [-0.25, -0.2) is 9.48 Å². The summed E-state index contributed by atoms with van der Waals surface area (Å²) in [5, 5.41) is 12.9. The van der Waals surface area contributed by atoms with Crippen LogP contribution in [-0.4, -0.2) is 37.6 Å². The van der Waals surface area contributed by atoms with E-state index in [1.54, 1.807) is 4.68 Å². The molecular formula is C31H36N4O3S. The van der Waals surface area contributed by atoms with Crippen LogP contribution in [0, 0.1) is 6.92 Å². The highest BCUT2D eigenvalue weighted by Gasteiger charge is 2.23. The average molecular weight is 545 g/mol. The van der Waals surface area contributed by atoms with Crippen molar-refractivity contribution in [1.82, 2.24) is 9.78 Å². The quantitative estimate of drug-likeness (QED) is 0.263. The lowest BCUT2D eigenvalue weighted by atomic mass is 9.92. The Bertz CT molecular complexity index is 1500. The second-order valence-electron chi connectivity index (χ2n) is 11.1. The number of carbonyl (C=O) groups excluding carboxylic acids is 1. The Morgan fingerprint density at radius 1 is 1.05 bits per heavy atom. The van der Waals surface area contributed by atoms with Gasteiger partial charge in [-0.15, -0.1) is 0 Å². The number of ether oxygens (including phenoxy) is 1. The zero-order valence-electron chi connectivity index (χ0n) is 23.0. The first-order valence-corrected chi connectivity index (χ1v) is 14.8. The third-order valence-electron chi connectivity index (χ3n) is 7.07. The first-order chi connectivity index (χ1) is 18.7. The Kier molecular flexibility index (Phi) is 7.75. The molecule has 0 spiro atoms. The van der Waals surface area contributed by atoms with Crippen molar-refractivity contribution in [3.05, 3.63) is 78.0 Å². The van der Waals surface area contributed by atoms with Gasteiger partial charge in [0.05, 0.1) is 23.7 Å². The van der Waals surface area contributed by atoms with Crippen LogP contribution < -0.4 is 15.4 Å².